The first kappa shape index (κ1) is 64.6. The summed E-state index contributed by atoms with van der Waals surface area (Å²) in [5.41, 5.74) is 0. The third-order valence-electron chi connectivity index (χ3n) is 12.2. The smallest absolute Gasteiger partial charge is 0.306 e. The van der Waals surface area contributed by atoms with Crippen LogP contribution in [0.3, 0.4) is 0 Å². The van der Waals surface area contributed by atoms with E-state index in [2.05, 4.69) is 99.8 Å². The number of rotatable bonds is 51. The summed E-state index contributed by atoms with van der Waals surface area (Å²) in [6.07, 6.45) is 72.9. The third-order valence-corrected chi connectivity index (χ3v) is 12.2. The molecule has 0 amide bonds. The standard InChI is InChI=1S/C62H106O6/c1-4-7-10-13-16-19-22-25-27-29-31-33-34-37-40-43-46-49-52-55-61(64)67-58-59(57-66-60(63)54-51-48-45-42-39-36-24-21-18-15-12-9-6-3)68-62(65)56-53-50-47-44-41-38-35-32-30-28-26-23-20-17-14-11-8-5-2/h16,19,22-23,25-26,28,30,32,35-36,39,45,48,59H,4-15,17-18,20-21,24,27,29,31,33-34,37-38,40-44,46-47,49-58H2,1-3H3/b19-16-,25-22-,26-23-,30-28-,35-32-,39-36-,48-45-. The first-order valence-corrected chi connectivity index (χ1v) is 28.6. The van der Waals surface area contributed by atoms with E-state index in [1.54, 1.807) is 0 Å². The van der Waals surface area contributed by atoms with Crippen molar-refractivity contribution in [3.63, 3.8) is 0 Å². The minimum absolute atomic E-state index is 0.104. The van der Waals surface area contributed by atoms with Crippen LogP contribution in [0.15, 0.2) is 85.1 Å². The number of carbonyl (C=O) groups is 3. The van der Waals surface area contributed by atoms with Crippen LogP contribution in [0.2, 0.25) is 0 Å². The van der Waals surface area contributed by atoms with Crippen LogP contribution in [0.1, 0.15) is 271 Å². The van der Waals surface area contributed by atoms with Crippen molar-refractivity contribution in [3.8, 4) is 0 Å². The van der Waals surface area contributed by atoms with E-state index >= 15 is 0 Å². The quantitative estimate of drug-likeness (QED) is 0.0199. The molecule has 0 rings (SSSR count). The fourth-order valence-electron chi connectivity index (χ4n) is 7.84. The van der Waals surface area contributed by atoms with E-state index in [1.807, 2.05) is 6.08 Å². The van der Waals surface area contributed by atoms with Gasteiger partial charge in [0.05, 0.1) is 0 Å². The zero-order valence-corrected chi connectivity index (χ0v) is 44.6. The largest absolute Gasteiger partial charge is 0.462 e. The first-order chi connectivity index (χ1) is 33.5. The van der Waals surface area contributed by atoms with E-state index < -0.39 is 6.10 Å². The van der Waals surface area contributed by atoms with Crippen LogP contribution in [-0.2, 0) is 28.6 Å². The Bertz CT molecular complexity index is 1320. The molecule has 0 aromatic heterocycles. The number of unbranched alkanes of at least 4 members (excludes halogenated alkanes) is 29. The molecule has 0 bridgehead atoms. The maximum atomic E-state index is 12.8. The summed E-state index contributed by atoms with van der Waals surface area (Å²) in [5.74, 6) is -0.993. The molecule has 390 valence electrons. The van der Waals surface area contributed by atoms with Gasteiger partial charge in [0, 0.05) is 19.3 Å². The van der Waals surface area contributed by atoms with Crippen molar-refractivity contribution >= 4 is 17.9 Å². The highest BCUT2D eigenvalue weighted by atomic mass is 16.6. The SMILES string of the molecule is CCCCC/C=C\C=C/CCCCCCCCCCCCC(=O)OCC(COC(=O)CC/C=C\C/C=C\CCCCCCCC)OC(=O)CCCCCCC\C=C/C=C\C=C/CCCCCCC. The average molecular weight is 948 g/mol. The molecule has 0 spiro atoms. The monoisotopic (exact) mass is 947 g/mol. The van der Waals surface area contributed by atoms with Crippen molar-refractivity contribution in [2.75, 3.05) is 13.2 Å². The second kappa shape index (κ2) is 56.2. The van der Waals surface area contributed by atoms with Gasteiger partial charge in [-0.05, 0) is 89.9 Å². The van der Waals surface area contributed by atoms with Gasteiger partial charge in [0.1, 0.15) is 13.2 Å². The van der Waals surface area contributed by atoms with Crippen LogP contribution in [0.25, 0.3) is 0 Å². The Balaban J connectivity index is 4.46. The molecule has 0 radical (unpaired) electrons. The molecule has 0 fully saturated rings. The van der Waals surface area contributed by atoms with Crippen LogP contribution in [0.5, 0.6) is 0 Å². The Morgan fingerprint density at radius 1 is 0.309 bits per heavy atom. The van der Waals surface area contributed by atoms with Crippen molar-refractivity contribution in [2.24, 2.45) is 0 Å². The van der Waals surface area contributed by atoms with Gasteiger partial charge in [-0.3, -0.25) is 14.4 Å². The van der Waals surface area contributed by atoms with E-state index in [1.165, 1.54) is 148 Å². The number of ether oxygens (including phenoxy) is 3. The van der Waals surface area contributed by atoms with Crippen LogP contribution in [-0.4, -0.2) is 37.2 Å². The second-order valence-corrected chi connectivity index (χ2v) is 18.9. The second-order valence-electron chi connectivity index (χ2n) is 18.9. The highest BCUT2D eigenvalue weighted by Gasteiger charge is 2.19. The van der Waals surface area contributed by atoms with Crippen LogP contribution in [0.4, 0.5) is 0 Å². The zero-order chi connectivity index (χ0) is 49.3. The molecular formula is C62H106O6. The molecule has 0 aliphatic carbocycles. The summed E-state index contributed by atoms with van der Waals surface area (Å²) in [4.78, 5) is 38.1. The summed E-state index contributed by atoms with van der Waals surface area (Å²) in [5, 5.41) is 0. The number of hydrogen-bond donors (Lipinski definition) is 0. The van der Waals surface area contributed by atoms with Gasteiger partial charge >= 0.3 is 17.9 Å². The average Bonchev–Trinajstić information content (AvgIpc) is 3.34. The number of hydrogen-bond acceptors (Lipinski definition) is 6. The molecule has 1 atom stereocenters. The molecule has 0 aromatic carbocycles. The lowest BCUT2D eigenvalue weighted by Crippen LogP contribution is -2.30. The van der Waals surface area contributed by atoms with Crippen molar-refractivity contribution in [1.82, 2.24) is 0 Å². The van der Waals surface area contributed by atoms with Gasteiger partial charge in [-0.15, -0.1) is 0 Å². The predicted molar refractivity (Wildman–Crippen MR) is 293 cm³/mol. The third kappa shape index (κ3) is 53.5. The lowest BCUT2D eigenvalue weighted by Gasteiger charge is -2.18. The van der Waals surface area contributed by atoms with Crippen LogP contribution < -0.4 is 0 Å². The molecular weight excluding hydrogens is 841 g/mol. The molecule has 6 heteroatoms. The number of carbonyl (C=O) groups excluding carboxylic acids is 3. The topological polar surface area (TPSA) is 78.9 Å². The molecule has 0 saturated heterocycles. The molecule has 0 saturated carbocycles. The highest BCUT2D eigenvalue weighted by molar-refractivity contribution is 5.71. The summed E-state index contributed by atoms with van der Waals surface area (Å²) in [7, 11) is 0. The van der Waals surface area contributed by atoms with Gasteiger partial charge < -0.3 is 14.2 Å². The van der Waals surface area contributed by atoms with Crippen molar-refractivity contribution in [1.29, 1.82) is 0 Å². The number of allylic oxidation sites excluding steroid dienone is 14. The Kier molecular flexibility index (Phi) is 53.4. The van der Waals surface area contributed by atoms with Crippen molar-refractivity contribution in [3.05, 3.63) is 85.1 Å². The number of esters is 3. The molecule has 0 aromatic rings. The molecule has 68 heavy (non-hydrogen) atoms. The van der Waals surface area contributed by atoms with E-state index in [-0.39, 0.29) is 37.5 Å². The Labute approximate surface area is 420 Å². The Hall–Kier alpha value is -3.41. The minimum Gasteiger partial charge on any atom is -0.462 e. The van der Waals surface area contributed by atoms with Crippen LogP contribution >= 0.6 is 0 Å². The Morgan fingerprint density at radius 2 is 0.618 bits per heavy atom. The van der Waals surface area contributed by atoms with Crippen molar-refractivity contribution < 1.29 is 28.6 Å². The molecule has 0 N–H and O–H groups in total. The molecule has 0 aliphatic rings. The maximum Gasteiger partial charge on any atom is 0.306 e. The lowest BCUT2D eigenvalue weighted by molar-refractivity contribution is -0.166. The maximum absolute atomic E-state index is 12.8. The van der Waals surface area contributed by atoms with Gasteiger partial charge in [-0.2, -0.15) is 0 Å². The molecule has 1 unspecified atom stereocenters. The molecule has 0 heterocycles. The van der Waals surface area contributed by atoms with Crippen molar-refractivity contribution in [2.45, 2.75) is 277 Å². The van der Waals surface area contributed by atoms with Gasteiger partial charge in [-0.25, -0.2) is 0 Å². The summed E-state index contributed by atoms with van der Waals surface area (Å²) < 4.78 is 16.8. The lowest BCUT2D eigenvalue weighted by atomic mass is 10.1. The van der Waals surface area contributed by atoms with Gasteiger partial charge in [0.15, 0.2) is 6.10 Å². The van der Waals surface area contributed by atoms with E-state index in [0.717, 1.165) is 77.0 Å². The van der Waals surface area contributed by atoms with Gasteiger partial charge in [0.25, 0.3) is 0 Å². The fraction of sp³-hybridized carbons (Fsp3) is 0.726. The highest BCUT2D eigenvalue weighted by Crippen LogP contribution is 2.14. The van der Waals surface area contributed by atoms with Crippen LogP contribution in [0, 0.1) is 0 Å². The molecule has 0 aliphatic heterocycles. The van der Waals surface area contributed by atoms with E-state index in [4.69, 9.17) is 14.2 Å². The van der Waals surface area contributed by atoms with Gasteiger partial charge in [-0.1, -0.05) is 247 Å². The van der Waals surface area contributed by atoms with E-state index in [9.17, 15) is 14.4 Å². The molecule has 6 nitrogen and oxygen atoms in total. The van der Waals surface area contributed by atoms with E-state index in [0.29, 0.717) is 19.3 Å². The fourth-order valence-corrected chi connectivity index (χ4v) is 7.84. The zero-order valence-electron chi connectivity index (χ0n) is 44.6. The first-order valence-electron chi connectivity index (χ1n) is 28.6. The minimum atomic E-state index is -0.812. The predicted octanol–water partition coefficient (Wildman–Crippen LogP) is 19.2. The normalized spacial score (nSPS) is 12.7. The van der Waals surface area contributed by atoms with Gasteiger partial charge in [0.2, 0.25) is 0 Å². The Morgan fingerprint density at radius 3 is 1.06 bits per heavy atom. The summed E-state index contributed by atoms with van der Waals surface area (Å²) >= 11 is 0. The summed E-state index contributed by atoms with van der Waals surface area (Å²) in [6, 6.07) is 0. The summed E-state index contributed by atoms with van der Waals surface area (Å²) in [6.45, 7) is 6.53.